The molecule has 0 saturated carbocycles. The van der Waals surface area contributed by atoms with Gasteiger partial charge < -0.3 is 14.6 Å². The van der Waals surface area contributed by atoms with Crippen molar-refractivity contribution in [2.24, 2.45) is 13.0 Å². The summed E-state index contributed by atoms with van der Waals surface area (Å²) >= 11 is 0. The zero-order valence-corrected chi connectivity index (χ0v) is 10.1. The van der Waals surface area contributed by atoms with Gasteiger partial charge in [-0.1, -0.05) is 6.92 Å². The third kappa shape index (κ3) is 2.62. The Morgan fingerprint density at radius 1 is 1.56 bits per heavy atom. The van der Waals surface area contributed by atoms with Crippen LogP contribution in [-0.4, -0.2) is 45.3 Å². The van der Waals surface area contributed by atoms with Gasteiger partial charge in [-0.15, -0.1) is 0 Å². The molecule has 0 radical (unpaired) electrons. The molecule has 0 aliphatic carbocycles. The van der Waals surface area contributed by atoms with E-state index in [1.165, 1.54) is 0 Å². The summed E-state index contributed by atoms with van der Waals surface area (Å²) in [7, 11) is 2.03. The fourth-order valence-electron chi connectivity index (χ4n) is 2.32. The topological polar surface area (TPSA) is 41.3 Å². The summed E-state index contributed by atoms with van der Waals surface area (Å²) in [4.78, 5) is 6.74. The van der Waals surface area contributed by atoms with Crippen molar-refractivity contribution in [3.05, 3.63) is 18.2 Å². The third-order valence-electron chi connectivity index (χ3n) is 3.52. The van der Waals surface area contributed by atoms with E-state index in [-0.39, 0.29) is 6.10 Å². The Morgan fingerprint density at radius 2 is 2.38 bits per heavy atom. The number of hydrogen-bond donors (Lipinski definition) is 1. The van der Waals surface area contributed by atoms with Crippen LogP contribution >= 0.6 is 0 Å². The number of imidazole rings is 1. The summed E-state index contributed by atoms with van der Waals surface area (Å²) in [5.41, 5.74) is 0. The van der Waals surface area contributed by atoms with Gasteiger partial charge in [0.15, 0.2) is 0 Å². The van der Waals surface area contributed by atoms with E-state index < -0.39 is 0 Å². The Kier molecular flexibility index (Phi) is 3.61. The first-order valence-corrected chi connectivity index (χ1v) is 6.03. The lowest BCUT2D eigenvalue weighted by Gasteiger charge is -2.34. The van der Waals surface area contributed by atoms with Crippen molar-refractivity contribution >= 4 is 0 Å². The Morgan fingerprint density at radius 3 is 3.00 bits per heavy atom. The average molecular weight is 223 g/mol. The molecule has 2 atom stereocenters. The predicted octanol–water partition coefficient (Wildman–Crippen LogP) is 0.665. The average Bonchev–Trinajstić information content (AvgIpc) is 2.66. The molecule has 2 rings (SSSR count). The van der Waals surface area contributed by atoms with Crippen LogP contribution in [0.15, 0.2) is 12.4 Å². The molecular weight excluding hydrogens is 202 g/mol. The van der Waals surface area contributed by atoms with E-state index in [1.54, 1.807) is 0 Å². The highest BCUT2D eigenvalue weighted by Crippen LogP contribution is 2.16. The summed E-state index contributed by atoms with van der Waals surface area (Å²) in [6, 6.07) is 0. The summed E-state index contributed by atoms with van der Waals surface area (Å²) in [6.45, 7) is 5.18. The molecule has 4 heteroatoms. The summed E-state index contributed by atoms with van der Waals surface area (Å²) in [6.07, 6.45) is 5.62. The van der Waals surface area contributed by atoms with E-state index in [1.807, 2.05) is 19.4 Å². The van der Waals surface area contributed by atoms with E-state index in [9.17, 15) is 5.11 Å². The fourth-order valence-corrected chi connectivity index (χ4v) is 2.32. The van der Waals surface area contributed by atoms with Crippen LogP contribution in [0.3, 0.4) is 0 Å². The number of rotatable bonds is 3. The van der Waals surface area contributed by atoms with Crippen molar-refractivity contribution < 1.29 is 5.11 Å². The van der Waals surface area contributed by atoms with Crippen LogP contribution in [0.25, 0.3) is 0 Å². The molecule has 1 N–H and O–H groups in total. The summed E-state index contributed by atoms with van der Waals surface area (Å²) < 4.78 is 2.07. The van der Waals surface area contributed by atoms with Crippen molar-refractivity contribution in [3.63, 3.8) is 0 Å². The van der Waals surface area contributed by atoms with Crippen LogP contribution < -0.4 is 0 Å². The van der Waals surface area contributed by atoms with E-state index in [2.05, 4.69) is 21.4 Å². The van der Waals surface area contributed by atoms with Gasteiger partial charge in [0.05, 0.1) is 6.10 Å². The maximum Gasteiger partial charge on any atom is 0.109 e. The highest BCUT2D eigenvalue weighted by Gasteiger charge is 2.23. The van der Waals surface area contributed by atoms with Crippen molar-refractivity contribution in [2.75, 3.05) is 19.6 Å². The zero-order chi connectivity index (χ0) is 11.5. The largest absolute Gasteiger partial charge is 0.393 e. The van der Waals surface area contributed by atoms with Gasteiger partial charge in [0.2, 0.25) is 0 Å². The second-order valence-electron chi connectivity index (χ2n) is 4.84. The van der Waals surface area contributed by atoms with E-state index in [0.29, 0.717) is 5.92 Å². The monoisotopic (exact) mass is 223 g/mol. The Hall–Kier alpha value is -0.870. The maximum atomic E-state index is 9.65. The van der Waals surface area contributed by atoms with Crippen LogP contribution in [0.1, 0.15) is 19.2 Å². The van der Waals surface area contributed by atoms with Gasteiger partial charge >= 0.3 is 0 Å². The summed E-state index contributed by atoms with van der Waals surface area (Å²) in [5, 5.41) is 9.65. The minimum absolute atomic E-state index is 0.107. The van der Waals surface area contributed by atoms with Crippen molar-refractivity contribution in [1.29, 1.82) is 0 Å². The molecule has 1 aromatic rings. The Balaban J connectivity index is 1.81. The molecule has 1 aliphatic heterocycles. The maximum absolute atomic E-state index is 9.65. The van der Waals surface area contributed by atoms with E-state index in [4.69, 9.17) is 0 Å². The molecule has 0 spiro atoms. The molecule has 1 aromatic heterocycles. The first kappa shape index (κ1) is 11.6. The molecule has 0 bridgehead atoms. The zero-order valence-electron chi connectivity index (χ0n) is 10.1. The first-order valence-electron chi connectivity index (χ1n) is 6.03. The molecular formula is C12H21N3O. The Bertz CT molecular complexity index is 337. The molecule has 2 unspecified atom stereocenters. The number of likely N-dealkylation sites (tertiary alicyclic amines) is 1. The summed E-state index contributed by atoms with van der Waals surface area (Å²) in [5.74, 6) is 1.54. The van der Waals surface area contributed by atoms with Crippen LogP contribution in [0.5, 0.6) is 0 Å². The molecule has 0 aromatic carbocycles. The van der Waals surface area contributed by atoms with Crippen LogP contribution in [-0.2, 0) is 13.5 Å². The van der Waals surface area contributed by atoms with Gasteiger partial charge in [-0.2, -0.15) is 0 Å². The minimum atomic E-state index is -0.107. The number of aliphatic hydroxyl groups is 1. The van der Waals surface area contributed by atoms with Crippen molar-refractivity contribution in [1.82, 2.24) is 14.5 Å². The normalized spacial score (nSPS) is 27.2. The second-order valence-corrected chi connectivity index (χ2v) is 4.84. The smallest absolute Gasteiger partial charge is 0.109 e. The highest BCUT2D eigenvalue weighted by atomic mass is 16.3. The standard InChI is InChI=1S/C12H21N3O/c1-10-9-15(6-3-11(10)16)7-4-12-13-5-8-14(12)2/h5,8,10-11,16H,3-4,6-7,9H2,1-2H3. The van der Waals surface area contributed by atoms with Gasteiger partial charge in [-0.25, -0.2) is 4.98 Å². The fraction of sp³-hybridized carbons (Fsp3) is 0.750. The molecule has 1 fully saturated rings. The number of nitrogens with zero attached hydrogens (tertiary/aromatic N) is 3. The molecule has 0 amide bonds. The van der Waals surface area contributed by atoms with Crippen LogP contribution in [0.4, 0.5) is 0 Å². The number of aliphatic hydroxyl groups excluding tert-OH is 1. The molecule has 1 aliphatic rings. The Labute approximate surface area is 96.9 Å². The molecule has 2 heterocycles. The first-order chi connectivity index (χ1) is 7.66. The highest BCUT2D eigenvalue weighted by molar-refractivity contribution is 4.92. The minimum Gasteiger partial charge on any atom is -0.393 e. The van der Waals surface area contributed by atoms with Crippen LogP contribution in [0, 0.1) is 5.92 Å². The van der Waals surface area contributed by atoms with Crippen molar-refractivity contribution in [2.45, 2.75) is 25.9 Å². The molecule has 1 saturated heterocycles. The van der Waals surface area contributed by atoms with Gasteiger partial charge in [-0.3, -0.25) is 0 Å². The van der Waals surface area contributed by atoms with Gasteiger partial charge in [0.1, 0.15) is 5.82 Å². The third-order valence-corrected chi connectivity index (χ3v) is 3.52. The SMILES string of the molecule is CC1CN(CCc2nccn2C)CCC1O. The lowest BCUT2D eigenvalue weighted by atomic mass is 9.97. The van der Waals surface area contributed by atoms with Crippen LogP contribution in [0.2, 0.25) is 0 Å². The molecule has 4 nitrogen and oxygen atoms in total. The lowest BCUT2D eigenvalue weighted by molar-refractivity contribution is 0.0353. The van der Waals surface area contributed by atoms with Crippen molar-refractivity contribution in [3.8, 4) is 0 Å². The second kappa shape index (κ2) is 4.97. The predicted molar refractivity (Wildman–Crippen MR) is 63.1 cm³/mol. The van der Waals surface area contributed by atoms with Gasteiger partial charge in [-0.05, 0) is 12.3 Å². The quantitative estimate of drug-likeness (QED) is 0.818. The number of aryl methyl sites for hydroxylation is 1. The number of aromatic nitrogens is 2. The molecule has 90 valence electrons. The van der Waals surface area contributed by atoms with E-state index in [0.717, 1.165) is 38.3 Å². The number of piperidine rings is 1. The van der Waals surface area contributed by atoms with Gasteiger partial charge in [0, 0.05) is 45.5 Å². The van der Waals surface area contributed by atoms with Gasteiger partial charge in [0.25, 0.3) is 0 Å². The number of hydrogen-bond acceptors (Lipinski definition) is 3. The molecule has 16 heavy (non-hydrogen) atoms. The van der Waals surface area contributed by atoms with E-state index >= 15 is 0 Å². The lowest BCUT2D eigenvalue weighted by Crippen LogP contribution is -2.42.